The number of aryl methyl sites for hydroxylation is 1. The van der Waals surface area contributed by atoms with Gasteiger partial charge in [-0.2, -0.15) is 5.26 Å². The van der Waals surface area contributed by atoms with E-state index in [9.17, 15) is 14.9 Å². The van der Waals surface area contributed by atoms with Crippen LogP contribution in [0.1, 0.15) is 45.8 Å². The van der Waals surface area contributed by atoms with Crippen LogP contribution in [0, 0.1) is 18.3 Å². The van der Waals surface area contributed by atoms with Crippen LogP contribution in [0.15, 0.2) is 30.5 Å². The number of urea groups is 1. The van der Waals surface area contributed by atoms with Crippen LogP contribution in [-0.4, -0.2) is 61.1 Å². The number of piperazine rings is 1. The molecular weight excluding hydrogens is 404 g/mol. The highest BCUT2D eigenvalue weighted by Gasteiger charge is 2.28. The fourth-order valence-corrected chi connectivity index (χ4v) is 4.55. The van der Waals surface area contributed by atoms with Gasteiger partial charge in [0.2, 0.25) is 0 Å². The molecule has 0 spiro atoms. The molecular formula is C24H26N6O2. The third-order valence-corrected chi connectivity index (χ3v) is 6.51. The monoisotopic (exact) mass is 430 g/mol. The standard InChI is InChI=1S/C24H26N6O2/c1-16-12-19(17-2-3-17)15-27-22(16)28-8-10-29(11-9-28)23(31)21-5-4-20(13-18(21)14-25)30-7-6-26-24(30)32/h4-5,12-13,15,17H,2-3,6-11H2,1H3,(H,26,32). The Bertz CT molecular complexity index is 1110. The fraction of sp³-hybridized carbons (Fsp3) is 0.417. The lowest BCUT2D eigenvalue weighted by Crippen LogP contribution is -2.49. The topological polar surface area (TPSA) is 92.6 Å². The molecule has 1 saturated carbocycles. The lowest BCUT2D eigenvalue weighted by Gasteiger charge is -2.36. The summed E-state index contributed by atoms with van der Waals surface area (Å²) in [4.78, 5) is 35.4. The summed E-state index contributed by atoms with van der Waals surface area (Å²) in [5, 5.41) is 12.4. The third kappa shape index (κ3) is 3.75. The summed E-state index contributed by atoms with van der Waals surface area (Å²) in [6.45, 7) is 5.79. The van der Waals surface area contributed by atoms with Crippen molar-refractivity contribution in [1.82, 2.24) is 15.2 Å². The summed E-state index contributed by atoms with van der Waals surface area (Å²) in [7, 11) is 0. The first-order valence-corrected chi connectivity index (χ1v) is 11.2. The molecule has 3 heterocycles. The number of hydrogen-bond acceptors (Lipinski definition) is 5. The number of nitriles is 1. The third-order valence-electron chi connectivity index (χ3n) is 6.51. The summed E-state index contributed by atoms with van der Waals surface area (Å²) in [6.07, 6.45) is 4.52. The average Bonchev–Trinajstić information content (AvgIpc) is 3.59. The van der Waals surface area contributed by atoms with E-state index < -0.39 is 0 Å². The van der Waals surface area contributed by atoms with Gasteiger partial charge in [-0.05, 0) is 55.0 Å². The smallest absolute Gasteiger partial charge is 0.321 e. The van der Waals surface area contributed by atoms with Crippen LogP contribution in [0.3, 0.4) is 0 Å². The molecule has 1 aromatic carbocycles. The Morgan fingerprint density at radius 3 is 2.56 bits per heavy atom. The molecule has 3 aliphatic rings. The van der Waals surface area contributed by atoms with Gasteiger partial charge in [0.25, 0.3) is 5.91 Å². The zero-order valence-corrected chi connectivity index (χ0v) is 18.2. The van der Waals surface area contributed by atoms with Crippen molar-refractivity contribution >= 4 is 23.4 Å². The highest BCUT2D eigenvalue weighted by Crippen LogP contribution is 2.40. The van der Waals surface area contributed by atoms with Gasteiger partial charge in [0.1, 0.15) is 11.9 Å². The maximum Gasteiger partial charge on any atom is 0.321 e. The number of rotatable bonds is 4. The minimum atomic E-state index is -0.182. The normalized spacial score (nSPS) is 18.5. The van der Waals surface area contributed by atoms with Gasteiger partial charge in [-0.3, -0.25) is 9.69 Å². The van der Waals surface area contributed by atoms with E-state index in [1.165, 1.54) is 24.0 Å². The molecule has 5 rings (SSSR count). The van der Waals surface area contributed by atoms with Gasteiger partial charge >= 0.3 is 6.03 Å². The molecule has 0 radical (unpaired) electrons. The van der Waals surface area contributed by atoms with Gasteiger partial charge in [-0.15, -0.1) is 0 Å². The molecule has 0 bridgehead atoms. The molecule has 2 saturated heterocycles. The number of aromatic nitrogens is 1. The summed E-state index contributed by atoms with van der Waals surface area (Å²) in [6, 6.07) is 9.23. The molecule has 1 aliphatic carbocycles. The zero-order valence-electron chi connectivity index (χ0n) is 18.2. The predicted octanol–water partition coefficient (Wildman–Crippen LogP) is 2.63. The quantitative estimate of drug-likeness (QED) is 0.805. The van der Waals surface area contributed by atoms with Crippen molar-refractivity contribution < 1.29 is 9.59 Å². The summed E-state index contributed by atoms with van der Waals surface area (Å²) < 4.78 is 0. The maximum atomic E-state index is 13.2. The summed E-state index contributed by atoms with van der Waals surface area (Å²) in [5.74, 6) is 1.53. The van der Waals surface area contributed by atoms with E-state index in [1.54, 1.807) is 28.0 Å². The van der Waals surface area contributed by atoms with E-state index in [2.05, 4.69) is 29.3 Å². The Labute approximate surface area is 187 Å². The SMILES string of the molecule is Cc1cc(C2CC2)cnc1N1CCN(C(=O)c2ccc(N3CCNC3=O)cc2C#N)CC1. The van der Waals surface area contributed by atoms with Crippen LogP contribution in [0.4, 0.5) is 16.3 Å². The number of nitrogens with one attached hydrogen (secondary N) is 1. The van der Waals surface area contributed by atoms with Gasteiger partial charge in [-0.25, -0.2) is 9.78 Å². The molecule has 32 heavy (non-hydrogen) atoms. The second-order valence-electron chi connectivity index (χ2n) is 8.69. The number of carbonyl (C=O) groups is 2. The second-order valence-corrected chi connectivity index (χ2v) is 8.69. The minimum Gasteiger partial charge on any atom is -0.353 e. The molecule has 3 amide bonds. The Morgan fingerprint density at radius 2 is 1.94 bits per heavy atom. The lowest BCUT2D eigenvalue weighted by atomic mass is 10.0. The molecule has 3 fully saturated rings. The molecule has 8 nitrogen and oxygen atoms in total. The largest absolute Gasteiger partial charge is 0.353 e. The van der Waals surface area contributed by atoms with Crippen molar-refractivity contribution in [3.8, 4) is 6.07 Å². The predicted molar refractivity (Wildman–Crippen MR) is 121 cm³/mol. The average molecular weight is 431 g/mol. The molecule has 8 heteroatoms. The molecule has 2 aliphatic heterocycles. The van der Waals surface area contributed by atoms with Crippen molar-refractivity contribution in [1.29, 1.82) is 5.26 Å². The van der Waals surface area contributed by atoms with Crippen molar-refractivity contribution in [2.24, 2.45) is 0 Å². The van der Waals surface area contributed by atoms with E-state index >= 15 is 0 Å². The highest BCUT2D eigenvalue weighted by molar-refractivity contribution is 5.99. The molecule has 0 unspecified atom stereocenters. The fourth-order valence-electron chi connectivity index (χ4n) is 4.55. The molecule has 1 N–H and O–H groups in total. The number of anilines is 2. The van der Waals surface area contributed by atoms with Gasteiger partial charge in [0.15, 0.2) is 0 Å². The lowest BCUT2D eigenvalue weighted by molar-refractivity contribution is 0.0746. The first-order chi connectivity index (χ1) is 15.5. The van der Waals surface area contributed by atoms with E-state index in [4.69, 9.17) is 4.98 Å². The Balaban J connectivity index is 1.27. The van der Waals surface area contributed by atoms with E-state index in [-0.39, 0.29) is 11.9 Å². The number of carbonyl (C=O) groups excluding carboxylic acids is 2. The zero-order chi connectivity index (χ0) is 22.2. The van der Waals surface area contributed by atoms with Crippen LogP contribution in [-0.2, 0) is 0 Å². The van der Waals surface area contributed by atoms with Gasteiger partial charge in [-0.1, -0.05) is 6.07 Å². The number of benzene rings is 1. The first kappa shape index (κ1) is 20.3. The van der Waals surface area contributed by atoms with Crippen LogP contribution in [0.5, 0.6) is 0 Å². The number of amides is 3. The van der Waals surface area contributed by atoms with Crippen molar-refractivity contribution in [3.05, 3.63) is 52.7 Å². The molecule has 2 aromatic rings. The van der Waals surface area contributed by atoms with Crippen molar-refractivity contribution in [2.75, 3.05) is 49.1 Å². The van der Waals surface area contributed by atoms with Crippen LogP contribution in [0.25, 0.3) is 0 Å². The van der Waals surface area contributed by atoms with Crippen LogP contribution in [0.2, 0.25) is 0 Å². The number of hydrogen-bond donors (Lipinski definition) is 1. The minimum absolute atomic E-state index is 0.146. The molecule has 0 atom stereocenters. The van der Waals surface area contributed by atoms with Gasteiger partial charge < -0.3 is 15.1 Å². The molecule has 164 valence electrons. The van der Waals surface area contributed by atoms with E-state index in [0.717, 1.165) is 5.82 Å². The number of nitrogens with zero attached hydrogens (tertiary/aromatic N) is 5. The Hall–Kier alpha value is -3.60. The van der Waals surface area contributed by atoms with Crippen LogP contribution >= 0.6 is 0 Å². The second kappa shape index (κ2) is 8.15. The van der Waals surface area contributed by atoms with Gasteiger partial charge in [0.05, 0.1) is 11.1 Å². The Morgan fingerprint density at radius 1 is 1.16 bits per heavy atom. The van der Waals surface area contributed by atoms with Crippen LogP contribution < -0.4 is 15.1 Å². The van der Waals surface area contributed by atoms with E-state index in [0.29, 0.717) is 62.0 Å². The van der Waals surface area contributed by atoms with Crippen molar-refractivity contribution in [3.63, 3.8) is 0 Å². The Kier molecular flexibility index (Phi) is 5.17. The maximum absolute atomic E-state index is 13.2. The highest BCUT2D eigenvalue weighted by atomic mass is 16.2. The summed E-state index contributed by atoms with van der Waals surface area (Å²) >= 11 is 0. The van der Waals surface area contributed by atoms with E-state index in [1.807, 2.05) is 6.20 Å². The number of pyridine rings is 1. The molecule has 1 aromatic heterocycles. The van der Waals surface area contributed by atoms with Crippen molar-refractivity contribution in [2.45, 2.75) is 25.7 Å². The van der Waals surface area contributed by atoms with Gasteiger partial charge in [0, 0.05) is 51.2 Å². The first-order valence-electron chi connectivity index (χ1n) is 11.2. The summed E-state index contributed by atoms with van der Waals surface area (Å²) in [5.41, 5.74) is 3.82.